The van der Waals surface area contributed by atoms with Crippen molar-refractivity contribution in [2.24, 2.45) is 0 Å². The highest BCUT2D eigenvalue weighted by atomic mass is 35.5. The van der Waals surface area contributed by atoms with Crippen molar-refractivity contribution < 1.29 is 9.13 Å². The summed E-state index contributed by atoms with van der Waals surface area (Å²) in [6.45, 7) is 0. The van der Waals surface area contributed by atoms with Crippen molar-refractivity contribution in [2.75, 3.05) is 5.73 Å². The number of nitrogen functional groups attached to an aromatic ring is 1. The normalized spacial score (nSPS) is 10.8. The Hall–Kier alpha value is -2.41. The summed E-state index contributed by atoms with van der Waals surface area (Å²) in [5, 5.41) is -0.0413. The zero-order chi connectivity index (χ0) is 13.4. The summed E-state index contributed by atoms with van der Waals surface area (Å²) in [7, 11) is 0. The minimum Gasteiger partial charge on any atom is -0.437 e. The average Bonchev–Trinajstić information content (AvgIpc) is 2.82. The molecule has 0 atom stereocenters. The van der Waals surface area contributed by atoms with E-state index in [-0.39, 0.29) is 16.9 Å². The number of aromatic nitrogens is 4. The van der Waals surface area contributed by atoms with Crippen LogP contribution in [0.15, 0.2) is 24.5 Å². The van der Waals surface area contributed by atoms with Crippen LogP contribution >= 0.6 is 11.6 Å². The van der Waals surface area contributed by atoms with Gasteiger partial charge < -0.3 is 15.5 Å². The molecule has 0 aliphatic rings. The Morgan fingerprint density at radius 2 is 2.16 bits per heavy atom. The molecule has 0 spiro atoms. The van der Waals surface area contributed by atoms with E-state index in [0.717, 1.165) is 0 Å². The van der Waals surface area contributed by atoms with Crippen molar-refractivity contribution in [3.8, 4) is 11.6 Å². The third-order valence-corrected chi connectivity index (χ3v) is 2.66. The molecule has 0 saturated heterocycles. The van der Waals surface area contributed by atoms with Gasteiger partial charge in [-0.1, -0.05) is 11.6 Å². The number of anilines is 1. The lowest BCUT2D eigenvalue weighted by molar-refractivity contribution is 0.466. The average molecular weight is 280 g/mol. The number of aromatic amines is 1. The van der Waals surface area contributed by atoms with Gasteiger partial charge in [-0.3, -0.25) is 0 Å². The van der Waals surface area contributed by atoms with Gasteiger partial charge in [-0.05, 0) is 12.1 Å². The van der Waals surface area contributed by atoms with Crippen LogP contribution in [0, 0.1) is 5.82 Å². The zero-order valence-electron chi connectivity index (χ0n) is 9.39. The summed E-state index contributed by atoms with van der Waals surface area (Å²) < 4.78 is 18.6. The molecule has 1 aromatic carbocycles. The maximum atomic E-state index is 13.1. The highest BCUT2D eigenvalue weighted by Crippen LogP contribution is 2.28. The number of fused-ring (bicyclic) bond motifs is 1. The monoisotopic (exact) mass is 279 g/mol. The largest absolute Gasteiger partial charge is 0.437 e. The van der Waals surface area contributed by atoms with E-state index in [1.165, 1.54) is 24.5 Å². The number of imidazole rings is 1. The molecule has 0 aliphatic carbocycles. The maximum absolute atomic E-state index is 13.1. The predicted molar refractivity (Wildman–Crippen MR) is 67.6 cm³/mol. The van der Waals surface area contributed by atoms with E-state index in [1.807, 2.05) is 0 Å². The lowest BCUT2D eigenvalue weighted by atomic mass is 10.3. The summed E-state index contributed by atoms with van der Waals surface area (Å²) >= 11 is 5.68. The second-order valence-electron chi connectivity index (χ2n) is 3.67. The summed E-state index contributed by atoms with van der Waals surface area (Å²) in [6, 6.07) is 3.98. The van der Waals surface area contributed by atoms with E-state index in [2.05, 4.69) is 19.9 Å². The molecule has 0 bridgehead atoms. The molecular formula is C11H7ClFN5O. The number of rotatable bonds is 2. The van der Waals surface area contributed by atoms with Crippen LogP contribution in [0.5, 0.6) is 11.6 Å². The van der Waals surface area contributed by atoms with E-state index in [9.17, 15) is 4.39 Å². The number of nitrogens with two attached hydrogens (primary N) is 1. The summed E-state index contributed by atoms with van der Waals surface area (Å²) in [5.41, 5.74) is 6.43. The first-order chi connectivity index (χ1) is 9.13. The molecule has 0 aliphatic heterocycles. The van der Waals surface area contributed by atoms with E-state index in [4.69, 9.17) is 22.1 Å². The molecule has 3 rings (SSSR count). The van der Waals surface area contributed by atoms with Crippen LogP contribution in [-0.4, -0.2) is 19.9 Å². The van der Waals surface area contributed by atoms with Gasteiger partial charge in [-0.15, -0.1) is 0 Å². The fourth-order valence-electron chi connectivity index (χ4n) is 1.55. The molecule has 96 valence electrons. The number of H-pyrrole nitrogens is 1. The molecule has 0 fully saturated rings. The molecule has 19 heavy (non-hydrogen) atoms. The van der Waals surface area contributed by atoms with Gasteiger partial charge in [0.2, 0.25) is 5.95 Å². The van der Waals surface area contributed by atoms with Crippen molar-refractivity contribution in [1.29, 1.82) is 0 Å². The number of nitrogens with zero attached hydrogens (tertiary/aromatic N) is 3. The highest BCUT2D eigenvalue weighted by Gasteiger charge is 2.11. The molecule has 0 unspecified atom stereocenters. The van der Waals surface area contributed by atoms with Crippen LogP contribution in [0.2, 0.25) is 5.02 Å². The highest BCUT2D eigenvalue weighted by molar-refractivity contribution is 6.30. The number of nitrogens with one attached hydrogen (secondary N) is 1. The fourth-order valence-corrected chi connectivity index (χ4v) is 1.72. The second kappa shape index (κ2) is 4.36. The van der Waals surface area contributed by atoms with Crippen LogP contribution in [-0.2, 0) is 0 Å². The summed E-state index contributed by atoms with van der Waals surface area (Å²) in [6.07, 6.45) is 1.45. The van der Waals surface area contributed by atoms with Gasteiger partial charge in [0, 0.05) is 6.07 Å². The van der Waals surface area contributed by atoms with Crippen molar-refractivity contribution >= 4 is 28.7 Å². The SMILES string of the molecule is Nc1nc(Oc2ccc(F)c(Cl)c2)c2[nH]cnc2n1. The van der Waals surface area contributed by atoms with Crippen LogP contribution < -0.4 is 10.5 Å². The first-order valence-corrected chi connectivity index (χ1v) is 5.61. The quantitative estimate of drug-likeness (QED) is 0.752. The van der Waals surface area contributed by atoms with Crippen molar-refractivity contribution in [1.82, 2.24) is 19.9 Å². The van der Waals surface area contributed by atoms with Crippen molar-refractivity contribution in [3.05, 3.63) is 35.4 Å². The van der Waals surface area contributed by atoms with Gasteiger partial charge in [0.15, 0.2) is 5.65 Å². The Kier molecular flexibility index (Phi) is 2.68. The minimum atomic E-state index is -0.525. The third-order valence-electron chi connectivity index (χ3n) is 2.38. The van der Waals surface area contributed by atoms with Gasteiger partial charge in [0.1, 0.15) is 17.1 Å². The van der Waals surface area contributed by atoms with Gasteiger partial charge in [0.05, 0.1) is 11.3 Å². The molecule has 0 amide bonds. The number of halogens is 2. The standard InChI is InChI=1S/C11H7ClFN5O/c12-6-3-5(1-2-7(6)13)19-10-8-9(16-4-15-8)17-11(14)18-10/h1-4H,(H3,14,15,16,17,18). The first kappa shape index (κ1) is 11.7. The molecule has 3 aromatic rings. The number of hydrogen-bond acceptors (Lipinski definition) is 5. The van der Waals surface area contributed by atoms with Crippen LogP contribution in [0.25, 0.3) is 11.2 Å². The minimum absolute atomic E-state index is 0.0304. The lowest BCUT2D eigenvalue weighted by Gasteiger charge is -2.06. The first-order valence-electron chi connectivity index (χ1n) is 5.23. The maximum Gasteiger partial charge on any atom is 0.250 e. The smallest absolute Gasteiger partial charge is 0.250 e. The molecule has 0 radical (unpaired) electrons. The number of hydrogen-bond donors (Lipinski definition) is 2. The molecule has 6 nitrogen and oxygen atoms in total. The van der Waals surface area contributed by atoms with Gasteiger partial charge in [0.25, 0.3) is 5.88 Å². The Bertz CT molecular complexity index is 760. The fraction of sp³-hybridized carbons (Fsp3) is 0. The molecule has 2 aromatic heterocycles. The molecule has 3 N–H and O–H groups in total. The van der Waals surface area contributed by atoms with E-state index in [1.54, 1.807) is 0 Å². The van der Waals surface area contributed by atoms with Crippen molar-refractivity contribution in [2.45, 2.75) is 0 Å². The molecule has 2 heterocycles. The predicted octanol–water partition coefficient (Wildman–Crippen LogP) is 2.52. The van der Waals surface area contributed by atoms with Gasteiger partial charge in [-0.2, -0.15) is 9.97 Å². The van der Waals surface area contributed by atoms with Crippen LogP contribution in [0.3, 0.4) is 0 Å². The lowest BCUT2D eigenvalue weighted by Crippen LogP contribution is -1.98. The van der Waals surface area contributed by atoms with Gasteiger partial charge >= 0.3 is 0 Å². The van der Waals surface area contributed by atoms with Gasteiger partial charge in [-0.25, -0.2) is 9.37 Å². The molecule has 8 heteroatoms. The van der Waals surface area contributed by atoms with Crippen molar-refractivity contribution in [3.63, 3.8) is 0 Å². The summed E-state index contributed by atoms with van der Waals surface area (Å²) in [5.74, 6) is 0.0359. The summed E-state index contributed by atoms with van der Waals surface area (Å²) in [4.78, 5) is 14.7. The molecule has 0 saturated carbocycles. The zero-order valence-corrected chi connectivity index (χ0v) is 10.1. The van der Waals surface area contributed by atoms with Crippen LogP contribution in [0.1, 0.15) is 0 Å². The Balaban J connectivity index is 2.04. The Morgan fingerprint density at radius 3 is 2.95 bits per heavy atom. The van der Waals surface area contributed by atoms with E-state index in [0.29, 0.717) is 16.9 Å². The topological polar surface area (TPSA) is 89.7 Å². The van der Waals surface area contributed by atoms with E-state index < -0.39 is 5.82 Å². The Morgan fingerprint density at radius 1 is 1.32 bits per heavy atom. The van der Waals surface area contributed by atoms with Crippen LogP contribution in [0.4, 0.5) is 10.3 Å². The second-order valence-corrected chi connectivity index (χ2v) is 4.07. The Labute approximate surface area is 111 Å². The van der Waals surface area contributed by atoms with E-state index >= 15 is 0 Å². The number of ether oxygens (including phenoxy) is 1. The number of benzene rings is 1. The third kappa shape index (κ3) is 2.15. The molecular weight excluding hydrogens is 273 g/mol.